The third kappa shape index (κ3) is 1.54. The second-order valence-electron chi connectivity index (χ2n) is 7.27. The molecule has 5 heteroatoms. The zero-order chi connectivity index (χ0) is 16.7. The van der Waals surface area contributed by atoms with Gasteiger partial charge in [-0.05, 0) is 29.5 Å². The van der Waals surface area contributed by atoms with E-state index in [2.05, 4.69) is 40.0 Å². The number of hydrogen-bond acceptors (Lipinski definition) is 3. The molecule has 0 spiro atoms. The number of aromatic nitrogens is 2. The van der Waals surface area contributed by atoms with Crippen LogP contribution in [0.5, 0.6) is 0 Å². The van der Waals surface area contributed by atoms with E-state index in [-0.39, 0.29) is 5.91 Å². The lowest BCUT2D eigenvalue weighted by Gasteiger charge is -2.23. The number of amides is 1. The summed E-state index contributed by atoms with van der Waals surface area (Å²) < 4.78 is 1.95. The van der Waals surface area contributed by atoms with Crippen molar-refractivity contribution < 1.29 is 4.79 Å². The maximum Gasteiger partial charge on any atom is 0.252 e. The van der Waals surface area contributed by atoms with E-state index in [9.17, 15) is 4.79 Å². The minimum atomic E-state index is 0.0598. The molecule has 3 heterocycles. The standard InChI is InChI=1S/C20H18N4O/c1-24-15-7-6-11-16(12(15)9-22-24)18-13(8-21-20(18)25)17-10-4-2-3-5-14(10)23-19(11)17/h2-5,9-10,14,23H,6-8H2,1H3,(H,21,25). The van der Waals surface area contributed by atoms with Crippen LogP contribution < -0.4 is 10.6 Å². The van der Waals surface area contributed by atoms with Crippen molar-refractivity contribution in [1.82, 2.24) is 15.1 Å². The van der Waals surface area contributed by atoms with Gasteiger partial charge in [0.1, 0.15) is 0 Å². The number of hydrogen-bond donors (Lipinski definition) is 2. The van der Waals surface area contributed by atoms with Crippen LogP contribution in [0.15, 0.2) is 30.5 Å². The van der Waals surface area contributed by atoms with E-state index in [0.29, 0.717) is 18.5 Å². The molecule has 0 saturated carbocycles. The van der Waals surface area contributed by atoms with Gasteiger partial charge in [-0.25, -0.2) is 0 Å². The molecule has 2 unspecified atom stereocenters. The van der Waals surface area contributed by atoms with Crippen molar-refractivity contribution in [3.8, 4) is 11.1 Å². The fourth-order valence-corrected chi connectivity index (χ4v) is 5.05. The van der Waals surface area contributed by atoms with Crippen LogP contribution >= 0.6 is 0 Å². The lowest BCUT2D eigenvalue weighted by atomic mass is 9.79. The number of aryl methyl sites for hydroxylation is 1. The molecule has 2 atom stereocenters. The normalized spacial score (nSPS) is 24.1. The second-order valence-corrected chi connectivity index (χ2v) is 7.27. The number of fused-ring (bicyclic) bond motifs is 10. The predicted octanol–water partition coefficient (Wildman–Crippen LogP) is 2.43. The molecule has 2 aliphatic heterocycles. The molecule has 6 rings (SSSR count). The maximum atomic E-state index is 12.7. The van der Waals surface area contributed by atoms with Crippen molar-refractivity contribution >= 4 is 11.6 Å². The summed E-state index contributed by atoms with van der Waals surface area (Å²) in [6, 6.07) is 0.293. The van der Waals surface area contributed by atoms with Crippen LogP contribution in [0.2, 0.25) is 0 Å². The van der Waals surface area contributed by atoms with Crippen molar-refractivity contribution in [1.29, 1.82) is 0 Å². The zero-order valence-electron chi connectivity index (χ0n) is 14.0. The Morgan fingerprint density at radius 3 is 2.96 bits per heavy atom. The minimum absolute atomic E-state index is 0.0598. The van der Waals surface area contributed by atoms with E-state index in [0.717, 1.165) is 29.5 Å². The van der Waals surface area contributed by atoms with Crippen LogP contribution in [-0.4, -0.2) is 21.7 Å². The molecule has 2 aromatic rings. The Balaban J connectivity index is 1.72. The Kier molecular flexibility index (Phi) is 2.38. The van der Waals surface area contributed by atoms with Crippen molar-refractivity contribution in [3.63, 3.8) is 0 Å². The van der Waals surface area contributed by atoms with Gasteiger partial charge in [0.05, 0.1) is 17.8 Å². The van der Waals surface area contributed by atoms with Crippen LogP contribution in [0.3, 0.4) is 0 Å². The zero-order valence-corrected chi connectivity index (χ0v) is 14.0. The largest absolute Gasteiger partial charge is 0.377 e. The van der Waals surface area contributed by atoms with Crippen LogP contribution in [-0.2, 0) is 26.4 Å². The number of benzene rings is 1. The number of carbonyl (C=O) groups excluding carboxylic acids is 1. The summed E-state index contributed by atoms with van der Waals surface area (Å²) in [5.74, 6) is 0.381. The first kappa shape index (κ1) is 13.5. The van der Waals surface area contributed by atoms with Gasteiger partial charge in [-0.15, -0.1) is 0 Å². The SMILES string of the molecule is Cn1ncc2c1CCc1c3c(c4c(c1-2)C(=O)NC4)C1C=CC=CC1N3. The fourth-order valence-electron chi connectivity index (χ4n) is 5.05. The molecule has 0 bridgehead atoms. The van der Waals surface area contributed by atoms with E-state index in [1.807, 2.05) is 17.9 Å². The highest BCUT2D eigenvalue weighted by molar-refractivity contribution is 6.08. The third-order valence-corrected chi connectivity index (χ3v) is 6.12. The van der Waals surface area contributed by atoms with Gasteiger partial charge in [-0.1, -0.05) is 24.3 Å². The lowest BCUT2D eigenvalue weighted by Crippen LogP contribution is -2.18. The molecule has 4 aliphatic rings. The molecule has 25 heavy (non-hydrogen) atoms. The van der Waals surface area contributed by atoms with Crippen molar-refractivity contribution in [2.24, 2.45) is 7.05 Å². The van der Waals surface area contributed by atoms with Gasteiger partial charge in [0, 0.05) is 42.0 Å². The Bertz CT molecular complexity index is 1030. The van der Waals surface area contributed by atoms with Gasteiger partial charge in [-0.3, -0.25) is 9.48 Å². The van der Waals surface area contributed by atoms with E-state index in [4.69, 9.17) is 0 Å². The van der Waals surface area contributed by atoms with Gasteiger partial charge < -0.3 is 10.6 Å². The molecule has 0 radical (unpaired) electrons. The van der Waals surface area contributed by atoms with E-state index >= 15 is 0 Å². The Morgan fingerprint density at radius 2 is 2.04 bits per heavy atom. The number of nitrogens with one attached hydrogen (secondary N) is 2. The molecular weight excluding hydrogens is 312 g/mol. The average molecular weight is 330 g/mol. The maximum absolute atomic E-state index is 12.7. The first-order valence-electron chi connectivity index (χ1n) is 8.86. The van der Waals surface area contributed by atoms with Crippen LogP contribution in [0.1, 0.15) is 38.7 Å². The summed E-state index contributed by atoms with van der Waals surface area (Å²) in [7, 11) is 1.99. The van der Waals surface area contributed by atoms with Crippen LogP contribution in [0.25, 0.3) is 11.1 Å². The molecule has 5 nitrogen and oxygen atoms in total. The predicted molar refractivity (Wildman–Crippen MR) is 95.7 cm³/mol. The molecule has 1 amide bonds. The summed E-state index contributed by atoms with van der Waals surface area (Å²) in [6.07, 6.45) is 12.6. The Labute approximate surface area is 145 Å². The fraction of sp³-hybridized carbons (Fsp3) is 0.300. The number of allylic oxidation sites excluding steroid dienone is 2. The van der Waals surface area contributed by atoms with Gasteiger partial charge in [0.15, 0.2) is 0 Å². The number of anilines is 1. The molecule has 2 N–H and O–H groups in total. The van der Waals surface area contributed by atoms with Crippen LogP contribution in [0.4, 0.5) is 5.69 Å². The smallest absolute Gasteiger partial charge is 0.252 e. The summed E-state index contributed by atoms with van der Waals surface area (Å²) in [5, 5.41) is 11.3. The summed E-state index contributed by atoms with van der Waals surface area (Å²) in [4.78, 5) is 12.7. The van der Waals surface area contributed by atoms with E-state index in [1.165, 1.54) is 28.1 Å². The lowest BCUT2D eigenvalue weighted by molar-refractivity contribution is 0.0966. The molecule has 124 valence electrons. The molecule has 0 fully saturated rings. The molecular formula is C20H18N4O. The Morgan fingerprint density at radius 1 is 1.16 bits per heavy atom. The summed E-state index contributed by atoms with van der Waals surface area (Å²) in [6.45, 7) is 0.627. The quantitative estimate of drug-likeness (QED) is 0.780. The monoisotopic (exact) mass is 330 g/mol. The number of carbonyl (C=O) groups is 1. The first-order chi connectivity index (χ1) is 12.2. The topological polar surface area (TPSA) is 59.0 Å². The highest BCUT2D eigenvalue weighted by atomic mass is 16.1. The Hall–Kier alpha value is -2.82. The number of nitrogens with zero attached hydrogens (tertiary/aromatic N) is 2. The van der Waals surface area contributed by atoms with Gasteiger partial charge in [0.2, 0.25) is 0 Å². The van der Waals surface area contributed by atoms with E-state index in [1.54, 1.807) is 0 Å². The van der Waals surface area contributed by atoms with Gasteiger partial charge in [0.25, 0.3) is 5.91 Å². The van der Waals surface area contributed by atoms with Gasteiger partial charge in [-0.2, -0.15) is 5.10 Å². The van der Waals surface area contributed by atoms with Crippen molar-refractivity contribution in [2.75, 3.05) is 5.32 Å². The van der Waals surface area contributed by atoms with Crippen molar-refractivity contribution in [2.45, 2.75) is 31.3 Å². The number of rotatable bonds is 0. The third-order valence-electron chi connectivity index (χ3n) is 6.12. The highest BCUT2D eigenvalue weighted by Gasteiger charge is 2.41. The summed E-state index contributed by atoms with van der Waals surface area (Å²) >= 11 is 0. The van der Waals surface area contributed by atoms with Crippen molar-refractivity contribution in [3.05, 3.63) is 58.4 Å². The second kappa shape index (κ2) is 4.42. The minimum Gasteiger partial charge on any atom is -0.377 e. The highest BCUT2D eigenvalue weighted by Crippen LogP contribution is 2.51. The van der Waals surface area contributed by atoms with Gasteiger partial charge >= 0.3 is 0 Å². The van der Waals surface area contributed by atoms with E-state index < -0.39 is 0 Å². The average Bonchev–Trinajstić information content (AvgIpc) is 3.30. The summed E-state index contributed by atoms with van der Waals surface area (Å²) in [5.41, 5.74) is 9.39. The molecule has 2 aliphatic carbocycles. The van der Waals surface area contributed by atoms with Crippen LogP contribution in [0, 0.1) is 0 Å². The first-order valence-corrected chi connectivity index (χ1v) is 8.86. The molecule has 1 aromatic heterocycles. The molecule has 0 saturated heterocycles. The molecule has 1 aromatic carbocycles.